The summed E-state index contributed by atoms with van der Waals surface area (Å²) in [5.41, 5.74) is 2.25. The quantitative estimate of drug-likeness (QED) is 0.676. The van der Waals surface area contributed by atoms with Gasteiger partial charge in [-0.15, -0.1) is 0 Å². The lowest BCUT2D eigenvalue weighted by molar-refractivity contribution is 0.306. The molecule has 0 saturated heterocycles. The Labute approximate surface area is 119 Å². The molecule has 0 spiro atoms. The Kier molecular flexibility index (Phi) is 5.41. The Morgan fingerprint density at radius 2 is 1.68 bits per heavy atom. The van der Waals surface area contributed by atoms with E-state index in [4.69, 9.17) is 11.6 Å². The number of rotatable bonds is 6. The average molecular weight is 277 g/mol. The molecular weight excluding hydrogens is 259 g/mol. The van der Waals surface area contributed by atoms with Crippen LogP contribution < -0.4 is 0 Å². The summed E-state index contributed by atoms with van der Waals surface area (Å²) in [5.74, 6) is 0. The van der Waals surface area contributed by atoms with Gasteiger partial charge in [0.25, 0.3) is 0 Å². The zero-order chi connectivity index (χ0) is 13.5. The molecule has 100 valence electrons. The van der Waals surface area contributed by atoms with Gasteiger partial charge in [-0.05, 0) is 42.5 Å². The molecule has 0 saturated carbocycles. The minimum Gasteiger partial charge on any atom is -0.247 e. The van der Waals surface area contributed by atoms with Crippen LogP contribution in [0.1, 0.15) is 24.0 Å². The Bertz CT molecular complexity index is 496. The predicted molar refractivity (Wildman–Crippen MR) is 79.4 cm³/mol. The van der Waals surface area contributed by atoms with Crippen molar-refractivity contribution in [2.24, 2.45) is 0 Å². The highest BCUT2D eigenvalue weighted by Crippen LogP contribution is 2.16. The smallest absolute Gasteiger partial charge is 0.104 e. The maximum Gasteiger partial charge on any atom is 0.104 e. The van der Waals surface area contributed by atoms with Gasteiger partial charge in [0.1, 0.15) is 6.17 Å². The van der Waals surface area contributed by atoms with E-state index in [0.29, 0.717) is 17.9 Å². The molecule has 0 aliphatic carbocycles. The van der Waals surface area contributed by atoms with Crippen LogP contribution in [0.3, 0.4) is 0 Å². The summed E-state index contributed by atoms with van der Waals surface area (Å²) in [6.45, 7) is 0. The standard InChI is InChI=1S/C17H18ClF/c18-16-10-4-9-15(12-16)13-17(19)11-5-8-14-6-2-1-3-7-14/h1-4,6-7,9-10,12,17H,5,8,11,13H2. The second-order valence-electron chi connectivity index (χ2n) is 4.81. The van der Waals surface area contributed by atoms with E-state index in [1.165, 1.54) is 5.56 Å². The van der Waals surface area contributed by atoms with Gasteiger partial charge in [-0.3, -0.25) is 0 Å². The number of alkyl halides is 1. The molecule has 0 aliphatic rings. The molecule has 1 atom stereocenters. The second kappa shape index (κ2) is 7.30. The number of hydrogen-bond donors (Lipinski definition) is 0. The summed E-state index contributed by atoms with van der Waals surface area (Å²) in [7, 11) is 0. The molecule has 0 fully saturated rings. The van der Waals surface area contributed by atoms with Crippen LogP contribution in [0.2, 0.25) is 5.02 Å². The first-order valence-corrected chi connectivity index (χ1v) is 7.04. The summed E-state index contributed by atoms with van der Waals surface area (Å²) < 4.78 is 13.9. The number of halogens is 2. The zero-order valence-electron chi connectivity index (χ0n) is 10.9. The molecule has 0 aromatic heterocycles. The Morgan fingerprint density at radius 3 is 2.42 bits per heavy atom. The van der Waals surface area contributed by atoms with Gasteiger partial charge >= 0.3 is 0 Å². The van der Waals surface area contributed by atoms with Crippen LogP contribution >= 0.6 is 11.6 Å². The molecule has 0 radical (unpaired) electrons. The van der Waals surface area contributed by atoms with Crippen LogP contribution in [-0.4, -0.2) is 6.17 Å². The molecule has 0 N–H and O–H groups in total. The van der Waals surface area contributed by atoms with E-state index in [2.05, 4.69) is 12.1 Å². The van der Waals surface area contributed by atoms with Crippen molar-refractivity contribution in [3.05, 3.63) is 70.7 Å². The first-order valence-electron chi connectivity index (χ1n) is 6.66. The van der Waals surface area contributed by atoms with Gasteiger partial charge < -0.3 is 0 Å². The van der Waals surface area contributed by atoms with Gasteiger partial charge in [0.05, 0.1) is 0 Å². The van der Waals surface area contributed by atoms with Crippen LogP contribution in [0.5, 0.6) is 0 Å². The Balaban J connectivity index is 1.74. The van der Waals surface area contributed by atoms with E-state index in [-0.39, 0.29) is 0 Å². The molecule has 2 aromatic carbocycles. The lowest BCUT2D eigenvalue weighted by atomic mass is 10.0. The summed E-state index contributed by atoms with van der Waals surface area (Å²) in [6.07, 6.45) is 2.08. The van der Waals surface area contributed by atoms with Crippen LogP contribution in [0.15, 0.2) is 54.6 Å². The average Bonchev–Trinajstić information content (AvgIpc) is 2.40. The van der Waals surface area contributed by atoms with Crippen molar-refractivity contribution in [3.8, 4) is 0 Å². The third-order valence-electron chi connectivity index (χ3n) is 3.17. The van der Waals surface area contributed by atoms with Crippen molar-refractivity contribution < 1.29 is 4.39 Å². The second-order valence-corrected chi connectivity index (χ2v) is 5.25. The fourth-order valence-corrected chi connectivity index (χ4v) is 2.41. The van der Waals surface area contributed by atoms with E-state index in [1.54, 1.807) is 0 Å². The van der Waals surface area contributed by atoms with E-state index in [1.807, 2.05) is 42.5 Å². The van der Waals surface area contributed by atoms with Gasteiger partial charge in [-0.2, -0.15) is 0 Å². The molecule has 1 unspecified atom stereocenters. The third-order valence-corrected chi connectivity index (χ3v) is 3.41. The van der Waals surface area contributed by atoms with Crippen molar-refractivity contribution in [1.82, 2.24) is 0 Å². The molecular formula is C17H18ClF. The van der Waals surface area contributed by atoms with Gasteiger partial charge in [-0.25, -0.2) is 4.39 Å². The minimum atomic E-state index is -0.790. The first kappa shape index (κ1) is 14.1. The van der Waals surface area contributed by atoms with Crippen LogP contribution in [0.25, 0.3) is 0 Å². The van der Waals surface area contributed by atoms with Crippen molar-refractivity contribution in [2.75, 3.05) is 0 Å². The monoisotopic (exact) mass is 276 g/mol. The Morgan fingerprint density at radius 1 is 0.947 bits per heavy atom. The van der Waals surface area contributed by atoms with Crippen LogP contribution in [0.4, 0.5) is 4.39 Å². The molecule has 2 rings (SSSR count). The molecule has 0 heterocycles. The van der Waals surface area contributed by atoms with E-state index in [9.17, 15) is 4.39 Å². The topological polar surface area (TPSA) is 0 Å². The lowest BCUT2D eigenvalue weighted by Crippen LogP contribution is -2.05. The first-order chi connectivity index (χ1) is 9.24. The summed E-state index contributed by atoms with van der Waals surface area (Å²) >= 11 is 5.89. The maximum atomic E-state index is 13.9. The SMILES string of the molecule is FC(CCCc1ccccc1)Cc1cccc(Cl)c1. The largest absolute Gasteiger partial charge is 0.247 e. The van der Waals surface area contributed by atoms with Crippen molar-refractivity contribution >= 4 is 11.6 Å². The fourth-order valence-electron chi connectivity index (χ4n) is 2.19. The van der Waals surface area contributed by atoms with E-state index in [0.717, 1.165) is 18.4 Å². The van der Waals surface area contributed by atoms with Gasteiger partial charge in [-0.1, -0.05) is 54.1 Å². The Hall–Kier alpha value is -1.34. The maximum absolute atomic E-state index is 13.9. The number of aryl methyl sites for hydroxylation is 1. The van der Waals surface area contributed by atoms with Gasteiger partial charge in [0.2, 0.25) is 0 Å². The van der Waals surface area contributed by atoms with Gasteiger partial charge in [0, 0.05) is 11.4 Å². The predicted octanol–water partition coefficient (Wildman–Crippen LogP) is 5.24. The van der Waals surface area contributed by atoms with Crippen molar-refractivity contribution in [3.63, 3.8) is 0 Å². The number of hydrogen-bond acceptors (Lipinski definition) is 0. The highest BCUT2D eigenvalue weighted by Gasteiger charge is 2.08. The molecule has 0 amide bonds. The third kappa shape index (κ3) is 5.04. The summed E-state index contributed by atoms with van der Waals surface area (Å²) in [5, 5.41) is 0.675. The summed E-state index contributed by atoms with van der Waals surface area (Å²) in [6, 6.07) is 17.7. The molecule has 0 nitrogen and oxygen atoms in total. The normalized spacial score (nSPS) is 12.3. The summed E-state index contributed by atoms with van der Waals surface area (Å²) in [4.78, 5) is 0. The highest BCUT2D eigenvalue weighted by atomic mass is 35.5. The molecule has 0 bridgehead atoms. The number of benzene rings is 2. The van der Waals surface area contributed by atoms with Gasteiger partial charge in [0.15, 0.2) is 0 Å². The molecule has 2 aromatic rings. The molecule has 2 heteroatoms. The van der Waals surface area contributed by atoms with E-state index < -0.39 is 6.17 Å². The van der Waals surface area contributed by atoms with Crippen molar-refractivity contribution in [2.45, 2.75) is 31.9 Å². The van der Waals surface area contributed by atoms with E-state index >= 15 is 0 Å². The molecule has 19 heavy (non-hydrogen) atoms. The highest BCUT2D eigenvalue weighted by molar-refractivity contribution is 6.30. The van der Waals surface area contributed by atoms with Crippen LogP contribution in [0, 0.1) is 0 Å². The lowest BCUT2D eigenvalue weighted by Gasteiger charge is -2.08. The van der Waals surface area contributed by atoms with Crippen LogP contribution in [-0.2, 0) is 12.8 Å². The minimum absolute atomic E-state index is 0.454. The zero-order valence-corrected chi connectivity index (χ0v) is 11.6. The molecule has 0 aliphatic heterocycles. The fraction of sp³-hybridized carbons (Fsp3) is 0.294. The van der Waals surface area contributed by atoms with Crippen molar-refractivity contribution in [1.29, 1.82) is 0 Å².